The van der Waals surface area contributed by atoms with E-state index in [1.807, 2.05) is 0 Å². The van der Waals surface area contributed by atoms with Crippen LogP contribution in [0.2, 0.25) is 5.02 Å². The smallest absolute Gasteiger partial charge is 0.427 e. The fourth-order valence-corrected chi connectivity index (χ4v) is 0.849. The number of halogens is 1. The number of carbonyl (C=O) groups excluding carboxylic acids is 1. The molecule has 0 aliphatic rings. The Bertz CT molecular complexity index is 268. The van der Waals surface area contributed by atoms with Crippen molar-refractivity contribution in [3.05, 3.63) is 34.9 Å². The van der Waals surface area contributed by atoms with Crippen LogP contribution in [0, 0.1) is 0 Å². The SMILES string of the molecule is [O]C(=O)OCc1ccc(Cl)cc1. The molecule has 0 aromatic heterocycles. The highest BCUT2D eigenvalue weighted by Gasteiger charge is 1.99. The Balaban J connectivity index is 2.53. The molecule has 1 aromatic carbocycles. The van der Waals surface area contributed by atoms with E-state index in [2.05, 4.69) is 4.74 Å². The molecule has 3 nitrogen and oxygen atoms in total. The largest absolute Gasteiger partial charge is 0.550 e. The molecule has 0 N–H and O–H groups in total. The van der Waals surface area contributed by atoms with Crippen LogP contribution in [0.5, 0.6) is 0 Å². The van der Waals surface area contributed by atoms with Gasteiger partial charge in [-0.3, -0.25) is 0 Å². The lowest BCUT2D eigenvalue weighted by molar-refractivity contribution is 0.0619. The van der Waals surface area contributed by atoms with Crippen molar-refractivity contribution in [1.82, 2.24) is 0 Å². The number of benzene rings is 1. The van der Waals surface area contributed by atoms with Crippen LogP contribution in [0.4, 0.5) is 4.79 Å². The van der Waals surface area contributed by atoms with E-state index < -0.39 is 6.16 Å². The minimum atomic E-state index is -1.52. The Morgan fingerprint density at radius 3 is 2.42 bits per heavy atom. The lowest BCUT2D eigenvalue weighted by atomic mass is 10.2. The second-order valence-corrected chi connectivity index (χ2v) is 2.60. The number of hydrogen-bond donors (Lipinski definition) is 0. The number of hydrogen-bond acceptors (Lipinski definition) is 2. The Morgan fingerprint density at radius 2 is 1.92 bits per heavy atom. The average molecular weight is 186 g/mol. The molecule has 0 saturated carbocycles. The van der Waals surface area contributed by atoms with E-state index in [4.69, 9.17) is 11.6 Å². The normalized spacial score (nSPS) is 9.42. The van der Waals surface area contributed by atoms with Crippen LogP contribution < -0.4 is 0 Å². The topological polar surface area (TPSA) is 46.2 Å². The molecule has 0 aliphatic heterocycles. The predicted molar refractivity (Wildman–Crippen MR) is 42.3 cm³/mol. The molecule has 0 saturated heterocycles. The first-order valence-electron chi connectivity index (χ1n) is 3.26. The van der Waals surface area contributed by atoms with Crippen molar-refractivity contribution in [3.63, 3.8) is 0 Å². The monoisotopic (exact) mass is 185 g/mol. The highest BCUT2D eigenvalue weighted by molar-refractivity contribution is 6.30. The summed E-state index contributed by atoms with van der Waals surface area (Å²) in [6, 6.07) is 6.70. The van der Waals surface area contributed by atoms with Crippen molar-refractivity contribution in [1.29, 1.82) is 0 Å². The van der Waals surface area contributed by atoms with Gasteiger partial charge in [0.2, 0.25) is 0 Å². The van der Waals surface area contributed by atoms with Crippen LogP contribution in [-0.4, -0.2) is 6.16 Å². The highest BCUT2D eigenvalue weighted by Crippen LogP contribution is 2.10. The zero-order valence-corrected chi connectivity index (χ0v) is 6.88. The fraction of sp³-hybridized carbons (Fsp3) is 0.125. The van der Waals surface area contributed by atoms with E-state index in [1.165, 1.54) is 0 Å². The summed E-state index contributed by atoms with van der Waals surface area (Å²) in [7, 11) is 0. The molecular weight excluding hydrogens is 180 g/mol. The predicted octanol–water partition coefficient (Wildman–Crippen LogP) is 2.41. The van der Waals surface area contributed by atoms with Gasteiger partial charge in [0, 0.05) is 5.02 Å². The van der Waals surface area contributed by atoms with Crippen LogP contribution >= 0.6 is 11.6 Å². The molecule has 12 heavy (non-hydrogen) atoms. The molecule has 0 fully saturated rings. The third-order valence-electron chi connectivity index (χ3n) is 1.27. The summed E-state index contributed by atoms with van der Waals surface area (Å²) in [4.78, 5) is 9.88. The van der Waals surface area contributed by atoms with Gasteiger partial charge >= 0.3 is 6.16 Å². The maximum absolute atomic E-state index is 9.88. The summed E-state index contributed by atoms with van der Waals surface area (Å²) in [5.74, 6) is 0. The molecule has 0 unspecified atom stereocenters. The van der Waals surface area contributed by atoms with Crippen molar-refractivity contribution in [2.75, 3.05) is 0 Å². The fourth-order valence-electron chi connectivity index (χ4n) is 0.723. The maximum Gasteiger partial charge on any atom is 0.550 e. The van der Waals surface area contributed by atoms with Crippen molar-refractivity contribution in [2.24, 2.45) is 0 Å². The van der Waals surface area contributed by atoms with Gasteiger partial charge in [-0.2, -0.15) is 9.90 Å². The first kappa shape index (κ1) is 8.87. The van der Waals surface area contributed by atoms with Gasteiger partial charge in [0.25, 0.3) is 0 Å². The van der Waals surface area contributed by atoms with Crippen LogP contribution in [0.15, 0.2) is 24.3 Å². The van der Waals surface area contributed by atoms with Gasteiger partial charge in [-0.05, 0) is 17.7 Å². The van der Waals surface area contributed by atoms with E-state index in [0.29, 0.717) is 5.02 Å². The molecule has 0 amide bonds. The highest BCUT2D eigenvalue weighted by atomic mass is 35.5. The molecule has 1 aromatic rings. The standard InChI is InChI=1S/C8H6ClO3/c9-7-3-1-6(2-4-7)5-12-8(10)11/h1-4H,5H2. The van der Waals surface area contributed by atoms with Crippen LogP contribution in [0.3, 0.4) is 0 Å². The van der Waals surface area contributed by atoms with E-state index >= 15 is 0 Å². The molecule has 0 bridgehead atoms. The van der Waals surface area contributed by atoms with E-state index in [1.54, 1.807) is 24.3 Å². The molecule has 63 valence electrons. The summed E-state index contributed by atoms with van der Waals surface area (Å²) in [5, 5.41) is 10.5. The first-order chi connectivity index (χ1) is 5.68. The lowest BCUT2D eigenvalue weighted by Gasteiger charge is -1.98. The van der Waals surface area contributed by atoms with Gasteiger partial charge in [-0.15, -0.1) is 0 Å². The molecular formula is C8H6ClO3. The molecule has 4 heteroatoms. The second kappa shape index (κ2) is 3.97. The molecule has 0 atom stereocenters. The Hall–Kier alpha value is -1.22. The van der Waals surface area contributed by atoms with Crippen molar-refractivity contribution < 1.29 is 14.6 Å². The van der Waals surface area contributed by atoms with Gasteiger partial charge in [0.1, 0.15) is 6.61 Å². The molecule has 0 spiro atoms. The van der Waals surface area contributed by atoms with Crippen molar-refractivity contribution in [2.45, 2.75) is 6.61 Å². The first-order valence-corrected chi connectivity index (χ1v) is 3.64. The van der Waals surface area contributed by atoms with Gasteiger partial charge in [-0.25, -0.2) is 0 Å². The zero-order chi connectivity index (χ0) is 8.97. The van der Waals surface area contributed by atoms with Crippen LogP contribution in [0.25, 0.3) is 0 Å². The third kappa shape index (κ3) is 2.80. The summed E-state index contributed by atoms with van der Waals surface area (Å²) >= 11 is 5.60. The minimum Gasteiger partial charge on any atom is -0.427 e. The molecule has 0 heterocycles. The second-order valence-electron chi connectivity index (χ2n) is 2.17. The Morgan fingerprint density at radius 1 is 1.33 bits per heavy atom. The van der Waals surface area contributed by atoms with Crippen molar-refractivity contribution in [3.8, 4) is 0 Å². The summed E-state index contributed by atoms with van der Waals surface area (Å²) < 4.78 is 4.23. The zero-order valence-electron chi connectivity index (χ0n) is 6.12. The van der Waals surface area contributed by atoms with Gasteiger partial charge < -0.3 is 4.74 Å². The van der Waals surface area contributed by atoms with Gasteiger partial charge in [0.05, 0.1) is 0 Å². The Kier molecular flexibility index (Phi) is 2.94. The number of rotatable bonds is 2. The molecule has 0 aliphatic carbocycles. The van der Waals surface area contributed by atoms with E-state index in [-0.39, 0.29) is 6.61 Å². The quantitative estimate of drug-likeness (QED) is 0.665. The minimum absolute atomic E-state index is 0.000494. The summed E-state index contributed by atoms with van der Waals surface area (Å²) in [6.07, 6.45) is -1.52. The lowest BCUT2D eigenvalue weighted by Crippen LogP contribution is -1.97. The average Bonchev–Trinajstić information content (AvgIpc) is 2.03. The molecule has 1 rings (SSSR count). The molecule has 1 radical (unpaired) electrons. The van der Waals surface area contributed by atoms with Crippen LogP contribution in [0.1, 0.15) is 5.56 Å². The van der Waals surface area contributed by atoms with Crippen molar-refractivity contribution >= 4 is 17.8 Å². The Labute approximate surface area is 74.5 Å². The van der Waals surface area contributed by atoms with Gasteiger partial charge in [0.15, 0.2) is 0 Å². The number of carbonyl (C=O) groups is 1. The van der Waals surface area contributed by atoms with E-state index in [0.717, 1.165) is 5.56 Å². The summed E-state index contributed by atoms with van der Waals surface area (Å²) in [6.45, 7) is -0.000494. The number of ether oxygens (including phenoxy) is 1. The third-order valence-corrected chi connectivity index (χ3v) is 1.52. The van der Waals surface area contributed by atoms with E-state index in [9.17, 15) is 9.90 Å². The van der Waals surface area contributed by atoms with Gasteiger partial charge in [-0.1, -0.05) is 23.7 Å². The van der Waals surface area contributed by atoms with Crippen LogP contribution in [-0.2, 0) is 16.5 Å². The summed E-state index contributed by atoms with van der Waals surface area (Å²) in [5.41, 5.74) is 0.739. The maximum atomic E-state index is 9.88.